The van der Waals surface area contributed by atoms with Crippen LogP contribution >= 0.6 is 55.1 Å². The number of nitrogens with zero attached hydrogens (tertiary/aromatic N) is 4. The number of hydrogen-bond acceptors (Lipinski definition) is 5. The zero-order valence-electron chi connectivity index (χ0n) is 9.06. The average Bonchev–Trinajstić information content (AvgIpc) is 2.85. The summed E-state index contributed by atoms with van der Waals surface area (Å²) in [4.78, 5) is 8.60. The Kier molecular flexibility index (Phi) is 5.01. The van der Waals surface area contributed by atoms with Gasteiger partial charge in [-0.15, -0.1) is 5.10 Å². The van der Waals surface area contributed by atoms with E-state index in [1.54, 1.807) is 21.8 Å². The molecular weight excluding hydrogens is 388 g/mol. The van der Waals surface area contributed by atoms with E-state index in [9.17, 15) is 0 Å². The molecule has 2 aromatic heterocycles. The summed E-state index contributed by atoms with van der Waals surface area (Å²) in [5, 5.41) is 4.39. The lowest BCUT2D eigenvalue weighted by Gasteiger charge is -1.93. The Morgan fingerprint density at radius 2 is 2.29 bits per heavy atom. The lowest BCUT2D eigenvalue weighted by molar-refractivity contribution is 0.752. The van der Waals surface area contributed by atoms with E-state index in [0.29, 0.717) is 0 Å². The van der Waals surface area contributed by atoms with E-state index in [0.717, 1.165) is 37.8 Å². The normalized spacial score (nSPS) is 11.0. The number of aryl methyl sites for hydroxylation is 1. The fourth-order valence-electron chi connectivity index (χ4n) is 1.16. The summed E-state index contributed by atoms with van der Waals surface area (Å²) in [7, 11) is 0. The zero-order chi connectivity index (χ0) is 12.3. The highest BCUT2D eigenvalue weighted by atomic mass is 79.9. The van der Waals surface area contributed by atoms with E-state index in [1.165, 1.54) is 11.9 Å². The first-order chi connectivity index (χ1) is 8.19. The molecular formula is C9H10Br2N4S2. The second-order valence-electron chi connectivity index (χ2n) is 3.30. The maximum absolute atomic E-state index is 4.39. The molecule has 4 nitrogen and oxygen atoms in total. The molecule has 0 aromatic carbocycles. The molecule has 2 rings (SSSR count). The van der Waals surface area contributed by atoms with Crippen molar-refractivity contribution in [2.75, 3.05) is 0 Å². The summed E-state index contributed by atoms with van der Waals surface area (Å²) in [6.07, 6.45) is 4.96. The minimum atomic E-state index is 0.830. The van der Waals surface area contributed by atoms with Crippen LogP contribution in [0, 0.1) is 0 Å². The summed E-state index contributed by atoms with van der Waals surface area (Å²) in [6, 6.07) is 0. The first kappa shape index (κ1) is 13.5. The molecule has 0 aliphatic carbocycles. The third-order valence-corrected chi connectivity index (χ3v) is 5.93. The highest BCUT2D eigenvalue weighted by Gasteiger charge is 2.09. The summed E-state index contributed by atoms with van der Waals surface area (Å²) in [5.74, 6) is 0.897. The van der Waals surface area contributed by atoms with E-state index in [2.05, 4.69) is 53.9 Å². The van der Waals surface area contributed by atoms with Gasteiger partial charge in [-0.05, 0) is 38.3 Å². The Morgan fingerprint density at radius 1 is 1.47 bits per heavy atom. The SMILES string of the molecule is CCCCc1ncn(Sc2nc(Br)c(Br)s2)n1. The summed E-state index contributed by atoms with van der Waals surface area (Å²) in [6.45, 7) is 2.16. The van der Waals surface area contributed by atoms with Crippen LogP contribution in [0.5, 0.6) is 0 Å². The van der Waals surface area contributed by atoms with Gasteiger partial charge >= 0.3 is 0 Å². The molecule has 0 amide bonds. The topological polar surface area (TPSA) is 43.6 Å². The van der Waals surface area contributed by atoms with Crippen molar-refractivity contribution in [3.05, 3.63) is 20.5 Å². The van der Waals surface area contributed by atoms with Gasteiger partial charge < -0.3 is 0 Å². The minimum Gasteiger partial charge on any atom is -0.220 e. The maximum atomic E-state index is 4.39. The van der Waals surface area contributed by atoms with E-state index < -0.39 is 0 Å². The molecule has 0 fully saturated rings. The molecule has 0 saturated carbocycles. The van der Waals surface area contributed by atoms with Gasteiger partial charge in [0.05, 0.1) is 0 Å². The quantitative estimate of drug-likeness (QED) is 0.759. The predicted molar refractivity (Wildman–Crippen MR) is 77.4 cm³/mol. The number of halogens is 2. The number of unbranched alkanes of at least 4 members (excludes halogenated alkanes) is 1. The van der Waals surface area contributed by atoms with Crippen molar-refractivity contribution in [2.24, 2.45) is 0 Å². The second-order valence-corrected chi connectivity index (χ2v) is 7.57. The van der Waals surface area contributed by atoms with Crippen molar-refractivity contribution in [1.29, 1.82) is 0 Å². The third-order valence-electron chi connectivity index (χ3n) is 1.97. The number of aromatic nitrogens is 4. The predicted octanol–water partition coefficient (Wildman–Crippen LogP) is 4.16. The van der Waals surface area contributed by atoms with Crippen LogP contribution in [0.15, 0.2) is 19.1 Å². The fourth-order valence-corrected chi connectivity index (χ4v) is 4.25. The van der Waals surface area contributed by atoms with Crippen LogP contribution < -0.4 is 0 Å². The fraction of sp³-hybridized carbons (Fsp3) is 0.444. The van der Waals surface area contributed by atoms with E-state index in [1.807, 2.05) is 0 Å². The number of rotatable bonds is 5. The Labute approximate surface area is 125 Å². The Bertz CT molecular complexity index is 477. The molecule has 0 aliphatic rings. The monoisotopic (exact) mass is 396 g/mol. The van der Waals surface area contributed by atoms with E-state index in [-0.39, 0.29) is 0 Å². The van der Waals surface area contributed by atoms with Crippen LogP contribution in [0.25, 0.3) is 0 Å². The van der Waals surface area contributed by atoms with Crippen molar-refractivity contribution in [3.63, 3.8) is 0 Å². The molecule has 8 heteroatoms. The molecule has 2 aromatic rings. The highest BCUT2D eigenvalue weighted by Crippen LogP contribution is 2.34. The van der Waals surface area contributed by atoms with Crippen LogP contribution in [0.4, 0.5) is 0 Å². The molecule has 0 unspecified atom stereocenters. The molecule has 0 N–H and O–H groups in total. The van der Waals surface area contributed by atoms with Crippen LogP contribution in [0.1, 0.15) is 25.6 Å². The minimum absolute atomic E-state index is 0.830. The average molecular weight is 398 g/mol. The van der Waals surface area contributed by atoms with Gasteiger partial charge in [-0.1, -0.05) is 24.7 Å². The Hall–Kier alpha value is 0.0800. The van der Waals surface area contributed by atoms with Gasteiger partial charge in [0.25, 0.3) is 0 Å². The van der Waals surface area contributed by atoms with Gasteiger partial charge in [0, 0.05) is 18.4 Å². The van der Waals surface area contributed by atoms with E-state index >= 15 is 0 Å². The van der Waals surface area contributed by atoms with Crippen molar-refractivity contribution < 1.29 is 0 Å². The molecule has 92 valence electrons. The lowest BCUT2D eigenvalue weighted by atomic mass is 10.2. The third kappa shape index (κ3) is 3.77. The van der Waals surface area contributed by atoms with Gasteiger partial charge in [0.15, 0.2) is 10.2 Å². The molecule has 0 radical (unpaired) electrons. The largest absolute Gasteiger partial charge is 0.220 e. The van der Waals surface area contributed by atoms with Crippen LogP contribution in [-0.4, -0.2) is 19.2 Å². The molecule has 17 heavy (non-hydrogen) atoms. The smallest absolute Gasteiger partial charge is 0.174 e. The van der Waals surface area contributed by atoms with Gasteiger partial charge in [-0.25, -0.2) is 9.97 Å². The Morgan fingerprint density at radius 3 is 2.94 bits per heavy atom. The molecule has 0 atom stereocenters. The van der Waals surface area contributed by atoms with Crippen molar-refractivity contribution in [3.8, 4) is 0 Å². The summed E-state index contributed by atoms with van der Waals surface area (Å²) in [5.41, 5.74) is 0. The van der Waals surface area contributed by atoms with Crippen molar-refractivity contribution >= 4 is 55.1 Å². The molecule has 0 aliphatic heterocycles. The molecule has 0 spiro atoms. The number of hydrogen-bond donors (Lipinski definition) is 0. The summed E-state index contributed by atoms with van der Waals surface area (Å²) < 4.78 is 4.50. The Balaban J connectivity index is 2.01. The first-order valence-corrected chi connectivity index (χ1v) is 8.27. The molecule has 0 bridgehead atoms. The molecule has 0 saturated heterocycles. The zero-order valence-corrected chi connectivity index (χ0v) is 13.9. The second kappa shape index (κ2) is 6.31. The van der Waals surface area contributed by atoms with Crippen molar-refractivity contribution in [2.45, 2.75) is 30.5 Å². The van der Waals surface area contributed by atoms with E-state index in [4.69, 9.17) is 0 Å². The summed E-state index contributed by atoms with van der Waals surface area (Å²) >= 11 is 9.82. The maximum Gasteiger partial charge on any atom is 0.174 e. The first-order valence-electron chi connectivity index (χ1n) is 5.09. The lowest BCUT2D eigenvalue weighted by Crippen LogP contribution is -1.91. The van der Waals surface area contributed by atoms with Crippen molar-refractivity contribution in [1.82, 2.24) is 19.2 Å². The van der Waals surface area contributed by atoms with Crippen LogP contribution in [0.3, 0.4) is 0 Å². The molecule has 2 heterocycles. The van der Waals surface area contributed by atoms with Gasteiger partial charge in [-0.2, -0.15) is 4.09 Å². The highest BCUT2D eigenvalue weighted by molar-refractivity contribution is 9.13. The number of thiazole rings is 1. The van der Waals surface area contributed by atoms with Crippen LogP contribution in [0.2, 0.25) is 0 Å². The standard InChI is InChI=1S/C9H10Br2N4S2/c1-2-3-4-6-12-5-15(14-6)17-9-13-7(10)8(11)16-9/h5H,2-4H2,1H3. The van der Waals surface area contributed by atoms with Gasteiger partial charge in [-0.3, -0.25) is 0 Å². The van der Waals surface area contributed by atoms with Gasteiger partial charge in [0.2, 0.25) is 0 Å². The van der Waals surface area contributed by atoms with Crippen LogP contribution in [-0.2, 0) is 6.42 Å². The van der Waals surface area contributed by atoms with Gasteiger partial charge in [0.1, 0.15) is 14.7 Å².